The number of para-hydroxylation sites is 1. The van der Waals surface area contributed by atoms with Crippen molar-refractivity contribution in [3.63, 3.8) is 0 Å². The zero-order valence-corrected chi connectivity index (χ0v) is 11.9. The molecule has 0 unspecified atom stereocenters. The number of halogens is 2. The molecule has 1 aromatic heterocycles. The van der Waals surface area contributed by atoms with Crippen molar-refractivity contribution in [3.8, 4) is 11.1 Å². The summed E-state index contributed by atoms with van der Waals surface area (Å²) in [6.45, 7) is 0. The van der Waals surface area contributed by atoms with Gasteiger partial charge in [-0.25, -0.2) is 0 Å². The second-order valence-electron chi connectivity index (χ2n) is 3.92. The van der Waals surface area contributed by atoms with Crippen LogP contribution >= 0.6 is 0 Å². The van der Waals surface area contributed by atoms with Crippen LogP contribution in [-0.4, -0.2) is 4.98 Å². The van der Waals surface area contributed by atoms with Crippen LogP contribution in [0.15, 0.2) is 48.7 Å². The number of benzene rings is 2. The topological polar surface area (TPSA) is 12.9 Å². The minimum absolute atomic E-state index is 0. The maximum atomic E-state index is 13.8. The van der Waals surface area contributed by atoms with E-state index in [0.717, 1.165) is 17.5 Å². The number of hydrogen-bond acceptors (Lipinski definition) is 1. The summed E-state index contributed by atoms with van der Waals surface area (Å²) in [5.74, 6) is -1.27. The maximum absolute atomic E-state index is 13.8. The van der Waals surface area contributed by atoms with Crippen molar-refractivity contribution in [1.82, 2.24) is 4.98 Å². The number of hydrogen-bond donors (Lipinski definition) is 0. The van der Waals surface area contributed by atoms with E-state index < -0.39 is 11.6 Å². The van der Waals surface area contributed by atoms with Crippen molar-refractivity contribution in [1.29, 1.82) is 0 Å². The Hall–Kier alpha value is -1.60. The van der Waals surface area contributed by atoms with Gasteiger partial charge in [0, 0.05) is 44.4 Å². The van der Waals surface area contributed by atoms with E-state index in [0.29, 0.717) is 11.1 Å². The van der Waals surface area contributed by atoms with Gasteiger partial charge in [0.25, 0.3) is 0 Å². The third-order valence-electron chi connectivity index (χ3n) is 2.76. The minimum Gasteiger partial charge on any atom is -0.266 e. The van der Waals surface area contributed by atoms with Gasteiger partial charge in [-0.1, -0.05) is 35.9 Å². The van der Waals surface area contributed by atoms with Crippen molar-refractivity contribution < 1.29 is 29.8 Å². The molecule has 3 aromatic rings. The van der Waals surface area contributed by atoms with Crippen LogP contribution < -0.4 is 0 Å². The fourth-order valence-corrected chi connectivity index (χ4v) is 1.96. The van der Waals surface area contributed by atoms with E-state index in [1.165, 1.54) is 0 Å². The molecule has 0 saturated heterocycles. The molecule has 98 valence electrons. The summed E-state index contributed by atoms with van der Waals surface area (Å²) in [6, 6.07) is 13.8. The Morgan fingerprint density at radius 2 is 1.84 bits per heavy atom. The van der Waals surface area contributed by atoms with Gasteiger partial charge in [0.2, 0.25) is 0 Å². The molecule has 0 fully saturated rings. The molecule has 0 N–H and O–H groups in total. The van der Waals surface area contributed by atoms with Crippen LogP contribution in [0.2, 0.25) is 0 Å². The first-order valence-corrected chi connectivity index (χ1v) is 5.46. The molecule has 19 heavy (non-hydrogen) atoms. The second kappa shape index (κ2) is 5.58. The van der Waals surface area contributed by atoms with Crippen molar-refractivity contribution >= 4 is 10.9 Å². The van der Waals surface area contributed by atoms with Crippen LogP contribution in [0.4, 0.5) is 8.78 Å². The van der Waals surface area contributed by atoms with Crippen LogP contribution in [0, 0.1) is 17.7 Å². The van der Waals surface area contributed by atoms with E-state index in [1.807, 2.05) is 24.3 Å². The van der Waals surface area contributed by atoms with E-state index in [2.05, 4.69) is 11.1 Å². The number of rotatable bonds is 1. The Balaban J connectivity index is 0.00000133. The molecule has 0 aliphatic rings. The third-order valence-corrected chi connectivity index (χ3v) is 2.76. The van der Waals surface area contributed by atoms with E-state index in [1.54, 1.807) is 12.3 Å². The Morgan fingerprint density at radius 3 is 2.63 bits per heavy atom. The summed E-state index contributed by atoms with van der Waals surface area (Å²) in [4.78, 5) is 4.24. The number of fused-ring (bicyclic) bond motifs is 1. The minimum atomic E-state index is -0.635. The maximum Gasteiger partial charge on any atom is 0.0407 e. The Bertz CT molecular complexity index is 723. The summed E-state index contributed by atoms with van der Waals surface area (Å²) < 4.78 is 26.7. The van der Waals surface area contributed by atoms with Crippen LogP contribution in [-0.2, 0) is 21.1 Å². The van der Waals surface area contributed by atoms with Crippen molar-refractivity contribution in [2.24, 2.45) is 0 Å². The van der Waals surface area contributed by atoms with Gasteiger partial charge in [-0.05, 0) is 11.5 Å². The zero-order chi connectivity index (χ0) is 12.5. The van der Waals surface area contributed by atoms with E-state index in [9.17, 15) is 8.78 Å². The first-order valence-electron chi connectivity index (χ1n) is 5.46. The number of nitrogens with zero attached hydrogens (tertiary/aromatic N) is 1. The third kappa shape index (κ3) is 2.57. The van der Waals surface area contributed by atoms with Gasteiger partial charge in [0.05, 0.1) is 0 Å². The largest absolute Gasteiger partial charge is 0.266 e. The summed E-state index contributed by atoms with van der Waals surface area (Å²) in [5.41, 5.74) is 1.54. The van der Waals surface area contributed by atoms with Gasteiger partial charge in [-0.15, -0.1) is 17.7 Å². The Kier molecular flexibility index (Phi) is 4.06. The number of pyridine rings is 1. The van der Waals surface area contributed by atoms with Gasteiger partial charge >= 0.3 is 0 Å². The van der Waals surface area contributed by atoms with Crippen molar-refractivity contribution in [2.45, 2.75) is 0 Å². The fourth-order valence-electron chi connectivity index (χ4n) is 1.96. The first-order chi connectivity index (χ1) is 8.75. The smallest absolute Gasteiger partial charge is 0.0407 e. The predicted molar refractivity (Wildman–Crippen MR) is 65.9 cm³/mol. The van der Waals surface area contributed by atoms with Crippen LogP contribution in [0.25, 0.3) is 22.0 Å². The molecule has 2 aromatic carbocycles. The van der Waals surface area contributed by atoms with Crippen LogP contribution in [0.3, 0.4) is 0 Å². The van der Waals surface area contributed by atoms with Gasteiger partial charge in [-0.2, -0.15) is 0 Å². The molecule has 0 bridgehead atoms. The van der Waals surface area contributed by atoms with Crippen LogP contribution in [0.1, 0.15) is 0 Å². The Labute approximate surface area is 123 Å². The molecule has 0 amide bonds. The summed E-state index contributed by atoms with van der Waals surface area (Å²) in [5, 5.41) is 0.909. The monoisotopic (exact) mass is 435 g/mol. The quantitative estimate of drug-likeness (QED) is 0.527. The first kappa shape index (κ1) is 13.8. The molecule has 1 heterocycles. The molecule has 4 heteroatoms. The molecule has 0 atom stereocenters. The summed E-state index contributed by atoms with van der Waals surface area (Å²) in [7, 11) is 0. The average Bonchev–Trinajstić information content (AvgIpc) is 2.38. The predicted octanol–water partition coefficient (Wildman–Crippen LogP) is 3.98. The normalized spacial score (nSPS) is 10.2. The molecule has 0 aliphatic carbocycles. The molecular weight excluding hydrogens is 427 g/mol. The molecule has 0 saturated carbocycles. The SMILES string of the molecule is Fc1c[c-]c(-c2cccc3cccnc23)c(F)c1.[Pt]. The fraction of sp³-hybridized carbons (Fsp3) is 0. The number of aromatic nitrogens is 1. The molecule has 3 rings (SSSR count). The van der Waals surface area contributed by atoms with E-state index in [4.69, 9.17) is 0 Å². The molecular formula is C15H8F2NPt-. The second-order valence-corrected chi connectivity index (χ2v) is 3.92. The van der Waals surface area contributed by atoms with Gasteiger partial charge in [0.1, 0.15) is 0 Å². The van der Waals surface area contributed by atoms with Crippen molar-refractivity contribution in [3.05, 3.63) is 66.4 Å². The molecule has 0 aliphatic heterocycles. The molecule has 1 nitrogen and oxygen atoms in total. The summed E-state index contributed by atoms with van der Waals surface area (Å²) >= 11 is 0. The van der Waals surface area contributed by atoms with Crippen molar-refractivity contribution in [2.75, 3.05) is 0 Å². The standard InChI is InChI=1S/C15H8F2N.Pt/c16-11-6-7-12(14(17)9-11)13-5-1-3-10-4-2-8-18-15(10)13;/h1-6,8-9H;/q-1;. The summed E-state index contributed by atoms with van der Waals surface area (Å²) in [6.07, 6.45) is 1.65. The molecule has 0 radical (unpaired) electrons. The van der Waals surface area contributed by atoms with Crippen LogP contribution in [0.5, 0.6) is 0 Å². The van der Waals surface area contributed by atoms with Gasteiger partial charge < -0.3 is 0 Å². The average molecular weight is 435 g/mol. The van der Waals surface area contributed by atoms with E-state index in [-0.39, 0.29) is 26.6 Å². The van der Waals surface area contributed by atoms with Gasteiger partial charge in [-0.3, -0.25) is 13.8 Å². The Morgan fingerprint density at radius 1 is 1.05 bits per heavy atom. The van der Waals surface area contributed by atoms with E-state index >= 15 is 0 Å². The zero-order valence-electron chi connectivity index (χ0n) is 9.64. The van der Waals surface area contributed by atoms with Gasteiger partial charge in [0.15, 0.2) is 0 Å². The molecule has 0 spiro atoms.